The summed E-state index contributed by atoms with van der Waals surface area (Å²) in [4.78, 5) is 26.0. The molecule has 1 aromatic rings. The molecule has 1 aromatic heterocycles. The lowest BCUT2D eigenvalue weighted by molar-refractivity contribution is -0.136. The fraction of sp³-hybridized carbons (Fsp3) is 0.200. The molecule has 0 aromatic carbocycles. The summed E-state index contributed by atoms with van der Waals surface area (Å²) < 4.78 is 0. The molecule has 1 rings (SSSR count). The first kappa shape index (κ1) is 12.4. The first-order chi connectivity index (χ1) is 8.02. The van der Waals surface area contributed by atoms with Crippen molar-refractivity contribution in [2.24, 2.45) is 0 Å². The van der Waals surface area contributed by atoms with Crippen LogP contribution in [0.1, 0.15) is 5.69 Å². The molecule has 0 aliphatic carbocycles. The topological polar surface area (TPSA) is 115 Å². The van der Waals surface area contributed by atoms with Crippen molar-refractivity contribution in [2.45, 2.75) is 0 Å². The lowest BCUT2D eigenvalue weighted by Gasteiger charge is -2.19. The van der Waals surface area contributed by atoms with Crippen molar-refractivity contribution in [1.29, 1.82) is 5.26 Å². The molecule has 7 nitrogen and oxygen atoms in total. The Balaban J connectivity index is 2.91. The maximum Gasteiger partial charge on any atom is 0.323 e. The Hall–Kier alpha value is -2.62. The summed E-state index contributed by atoms with van der Waals surface area (Å²) in [6, 6.07) is 4.66. The van der Waals surface area contributed by atoms with E-state index in [1.165, 1.54) is 18.3 Å². The van der Waals surface area contributed by atoms with Crippen LogP contribution in [0.4, 0.5) is 5.69 Å². The summed E-state index contributed by atoms with van der Waals surface area (Å²) in [5, 5.41) is 25.8. The highest BCUT2D eigenvalue weighted by Crippen LogP contribution is 2.12. The predicted octanol–water partition coefficient (Wildman–Crippen LogP) is -0.0711. The summed E-state index contributed by atoms with van der Waals surface area (Å²) in [5.74, 6) is -2.29. The fourth-order valence-electron chi connectivity index (χ4n) is 1.20. The van der Waals surface area contributed by atoms with Crippen molar-refractivity contribution in [1.82, 2.24) is 4.98 Å². The molecule has 0 spiro atoms. The summed E-state index contributed by atoms with van der Waals surface area (Å²) in [6.45, 7) is -0.889. The molecule has 0 aliphatic rings. The van der Waals surface area contributed by atoms with Gasteiger partial charge in [0.2, 0.25) is 0 Å². The van der Waals surface area contributed by atoms with Crippen molar-refractivity contribution < 1.29 is 19.8 Å². The van der Waals surface area contributed by atoms with Gasteiger partial charge in [0, 0.05) is 0 Å². The average molecular weight is 235 g/mol. The van der Waals surface area contributed by atoms with Crippen molar-refractivity contribution in [3.63, 3.8) is 0 Å². The standard InChI is InChI=1S/C10H9N3O4/c11-3-7-1-2-8(4-12-7)13(5-9(14)15)6-10(16)17/h1-2,4H,5-6H2,(H,14,15)(H,16,17). The van der Waals surface area contributed by atoms with E-state index < -0.39 is 25.0 Å². The number of pyridine rings is 1. The molecule has 2 N–H and O–H groups in total. The van der Waals surface area contributed by atoms with Crippen molar-refractivity contribution in [2.75, 3.05) is 18.0 Å². The average Bonchev–Trinajstić information content (AvgIpc) is 2.27. The van der Waals surface area contributed by atoms with Gasteiger partial charge in [-0.05, 0) is 12.1 Å². The summed E-state index contributed by atoms with van der Waals surface area (Å²) in [5.41, 5.74) is 0.521. The van der Waals surface area contributed by atoms with E-state index in [-0.39, 0.29) is 5.69 Å². The molecular weight excluding hydrogens is 226 g/mol. The number of hydrogen-bond donors (Lipinski definition) is 2. The van der Waals surface area contributed by atoms with E-state index in [0.29, 0.717) is 5.69 Å². The van der Waals surface area contributed by atoms with Crippen LogP contribution in [0.25, 0.3) is 0 Å². The van der Waals surface area contributed by atoms with E-state index in [1.54, 1.807) is 0 Å². The lowest BCUT2D eigenvalue weighted by Crippen LogP contribution is -2.34. The number of hydrogen-bond acceptors (Lipinski definition) is 5. The van der Waals surface area contributed by atoms with Gasteiger partial charge >= 0.3 is 11.9 Å². The van der Waals surface area contributed by atoms with Crippen LogP contribution in [0, 0.1) is 11.3 Å². The third-order valence-corrected chi connectivity index (χ3v) is 1.88. The Morgan fingerprint density at radius 1 is 1.29 bits per heavy atom. The van der Waals surface area contributed by atoms with Crippen molar-refractivity contribution in [3.05, 3.63) is 24.0 Å². The molecule has 0 saturated heterocycles. The summed E-state index contributed by atoms with van der Waals surface area (Å²) >= 11 is 0. The van der Waals surface area contributed by atoms with Crippen LogP contribution in [0.15, 0.2) is 18.3 Å². The van der Waals surface area contributed by atoms with Gasteiger partial charge in [-0.15, -0.1) is 0 Å². The normalized spacial score (nSPS) is 9.35. The fourth-order valence-corrected chi connectivity index (χ4v) is 1.20. The van der Waals surface area contributed by atoms with Crippen molar-refractivity contribution >= 4 is 17.6 Å². The van der Waals surface area contributed by atoms with E-state index in [9.17, 15) is 9.59 Å². The predicted molar refractivity (Wildman–Crippen MR) is 56.4 cm³/mol. The van der Waals surface area contributed by atoms with Crippen LogP contribution in [-0.4, -0.2) is 40.2 Å². The third-order valence-electron chi connectivity index (χ3n) is 1.88. The Morgan fingerprint density at radius 3 is 2.24 bits per heavy atom. The van der Waals surface area contributed by atoms with E-state index in [1.807, 2.05) is 6.07 Å². The highest BCUT2D eigenvalue weighted by molar-refractivity contribution is 5.79. The number of aromatic nitrogens is 1. The lowest BCUT2D eigenvalue weighted by atomic mass is 10.3. The Morgan fingerprint density at radius 2 is 1.88 bits per heavy atom. The van der Waals surface area contributed by atoms with Gasteiger partial charge in [0.1, 0.15) is 24.9 Å². The molecule has 1 heterocycles. The number of nitriles is 1. The minimum absolute atomic E-state index is 0.180. The SMILES string of the molecule is N#Cc1ccc(N(CC(=O)O)CC(=O)O)cn1. The maximum absolute atomic E-state index is 10.6. The summed E-state index contributed by atoms with van der Waals surface area (Å²) in [6.07, 6.45) is 1.27. The van der Waals surface area contributed by atoms with E-state index in [0.717, 1.165) is 4.90 Å². The van der Waals surface area contributed by atoms with Crippen LogP contribution in [0.3, 0.4) is 0 Å². The van der Waals surface area contributed by atoms with E-state index in [2.05, 4.69) is 4.98 Å². The van der Waals surface area contributed by atoms with Gasteiger partial charge in [0.25, 0.3) is 0 Å². The highest BCUT2D eigenvalue weighted by atomic mass is 16.4. The number of anilines is 1. The zero-order valence-electron chi connectivity index (χ0n) is 8.70. The molecule has 0 unspecified atom stereocenters. The van der Waals surface area contributed by atoms with E-state index >= 15 is 0 Å². The monoisotopic (exact) mass is 235 g/mol. The molecule has 0 amide bonds. The number of carboxylic acids is 2. The first-order valence-corrected chi connectivity index (χ1v) is 4.57. The highest BCUT2D eigenvalue weighted by Gasteiger charge is 2.14. The molecule has 88 valence electrons. The maximum atomic E-state index is 10.6. The Bertz CT molecular complexity index is 447. The summed E-state index contributed by atoms with van der Waals surface area (Å²) in [7, 11) is 0. The second-order valence-electron chi connectivity index (χ2n) is 3.16. The Kier molecular flexibility index (Phi) is 4.00. The largest absolute Gasteiger partial charge is 0.480 e. The van der Waals surface area contributed by atoms with Crippen LogP contribution in [-0.2, 0) is 9.59 Å². The van der Waals surface area contributed by atoms with Gasteiger partial charge < -0.3 is 15.1 Å². The van der Waals surface area contributed by atoms with Crippen molar-refractivity contribution in [3.8, 4) is 6.07 Å². The number of carbonyl (C=O) groups is 2. The Labute approximate surface area is 96.5 Å². The number of aliphatic carboxylic acids is 2. The molecule has 0 aliphatic heterocycles. The minimum atomic E-state index is -1.14. The molecule has 0 fully saturated rings. The molecular formula is C10H9N3O4. The molecule has 7 heteroatoms. The smallest absolute Gasteiger partial charge is 0.323 e. The van der Waals surface area contributed by atoms with Crippen LogP contribution < -0.4 is 4.90 Å². The van der Waals surface area contributed by atoms with Crippen LogP contribution in [0.2, 0.25) is 0 Å². The molecule has 0 saturated carbocycles. The number of rotatable bonds is 5. The second-order valence-corrected chi connectivity index (χ2v) is 3.16. The molecule has 0 bridgehead atoms. The number of nitrogens with zero attached hydrogens (tertiary/aromatic N) is 3. The third kappa shape index (κ3) is 3.79. The van der Waals surface area contributed by atoms with Gasteiger partial charge in [0.15, 0.2) is 0 Å². The molecule has 17 heavy (non-hydrogen) atoms. The van der Waals surface area contributed by atoms with Gasteiger partial charge in [-0.2, -0.15) is 5.26 Å². The van der Waals surface area contributed by atoms with Crippen LogP contribution in [0.5, 0.6) is 0 Å². The molecule has 0 atom stereocenters. The van der Waals surface area contributed by atoms with Gasteiger partial charge in [-0.25, -0.2) is 4.98 Å². The van der Waals surface area contributed by atoms with E-state index in [4.69, 9.17) is 15.5 Å². The number of carboxylic acid groups (broad SMARTS) is 2. The zero-order valence-corrected chi connectivity index (χ0v) is 8.70. The van der Waals surface area contributed by atoms with Crippen LogP contribution >= 0.6 is 0 Å². The first-order valence-electron chi connectivity index (χ1n) is 4.57. The van der Waals surface area contributed by atoms with Gasteiger partial charge in [-0.1, -0.05) is 0 Å². The zero-order chi connectivity index (χ0) is 12.8. The quantitative estimate of drug-likeness (QED) is 0.733. The van der Waals surface area contributed by atoms with Gasteiger partial charge in [0.05, 0.1) is 11.9 Å². The van der Waals surface area contributed by atoms with Gasteiger partial charge in [-0.3, -0.25) is 9.59 Å². The minimum Gasteiger partial charge on any atom is -0.480 e. The second kappa shape index (κ2) is 5.46. The molecule has 0 radical (unpaired) electrons.